The van der Waals surface area contributed by atoms with Gasteiger partial charge in [0.2, 0.25) is 0 Å². The van der Waals surface area contributed by atoms with E-state index < -0.39 is 5.97 Å². The third-order valence-electron chi connectivity index (χ3n) is 3.56. The summed E-state index contributed by atoms with van der Waals surface area (Å²) in [5.74, 6) is -0.740. The third-order valence-corrected chi connectivity index (χ3v) is 4.34. The molecule has 1 saturated heterocycles. The Morgan fingerprint density at radius 3 is 2.67 bits per heavy atom. The summed E-state index contributed by atoms with van der Waals surface area (Å²) in [4.78, 5) is 13.1. The van der Waals surface area contributed by atoms with Gasteiger partial charge in [-0.15, -0.1) is 0 Å². The van der Waals surface area contributed by atoms with Crippen LogP contribution in [0.5, 0.6) is 0 Å². The monoisotopic (exact) mass is 312 g/mol. The van der Waals surface area contributed by atoms with Gasteiger partial charge in [0.05, 0.1) is 12.0 Å². The zero-order valence-electron chi connectivity index (χ0n) is 10.3. The first kappa shape index (κ1) is 13.5. The van der Waals surface area contributed by atoms with Crippen LogP contribution in [0.15, 0.2) is 28.7 Å². The highest BCUT2D eigenvalue weighted by Gasteiger charge is 2.42. The van der Waals surface area contributed by atoms with Crippen molar-refractivity contribution in [3.8, 4) is 0 Å². The second kappa shape index (κ2) is 5.38. The van der Waals surface area contributed by atoms with E-state index in [2.05, 4.69) is 32.2 Å². The Balaban J connectivity index is 2.09. The van der Waals surface area contributed by atoms with Crippen molar-refractivity contribution < 1.29 is 9.90 Å². The summed E-state index contributed by atoms with van der Waals surface area (Å²) >= 11 is 3.52. The van der Waals surface area contributed by atoms with Crippen molar-refractivity contribution in [2.45, 2.75) is 18.5 Å². The minimum atomic E-state index is -0.740. The molecule has 1 aromatic rings. The highest BCUT2D eigenvalue weighted by Crippen LogP contribution is 2.27. The molecule has 0 radical (unpaired) electrons. The summed E-state index contributed by atoms with van der Waals surface area (Å²) in [6, 6.07) is 8.04. The van der Waals surface area contributed by atoms with Crippen molar-refractivity contribution in [1.82, 2.24) is 10.2 Å². The van der Waals surface area contributed by atoms with Crippen LogP contribution in [-0.4, -0.2) is 41.7 Å². The van der Waals surface area contributed by atoms with Crippen molar-refractivity contribution in [2.24, 2.45) is 0 Å². The van der Waals surface area contributed by atoms with Crippen LogP contribution in [0.3, 0.4) is 0 Å². The Morgan fingerprint density at radius 1 is 1.50 bits per heavy atom. The molecule has 0 bridgehead atoms. The van der Waals surface area contributed by atoms with Gasteiger partial charge in [-0.2, -0.15) is 0 Å². The molecular weight excluding hydrogens is 296 g/mol. The van der Waals surface area contributed by atoms with Gasteiger partial charge in [0.25, 0.3) is 0 Å². The second-order valence-corrected chi connectivity index (χ2v) is 5.70. The van der Waals surface area contributed by atoms with Gasteiger partial charge >= 0.3 is 5.97 Å². The number of benzene rings is 1. The lowest BCUT2D eigenvalue weighted by Crippen LogP contribution is -2.68. The summed E-state index contributed by atoms with van der Waals surface area (Å²) in [7, 11) is 1.99. The normalized spacial score (nSPS) is 17.5. The standard InChI is InChI=1S/C13H17BrN2O2/c1-16(7-10-4-2-3-5-11(10)14)13(6-12(17)18)8-15-9-13/h2-5,15H,6-9H2,1H3,(H,17,18). The molecule has 0 spiro atoms. The minimum absolute atomic E-state index is 0.182. The molecule has 4 nitrogen and oxygen atoms in total. The van der Waals surface area contributed by atoms with Crippen molar-refractivity contribution in [3.63, 3.8) is 0 Å². The summed E-state index contributed by atoms with van der Waals surface area (Å²) in [5.41, 5.74) is 0.929. The molecule has 18 heavy (non-hydrogen) atoms. The van der Waals surface area contributed by atoms with Crippen LogP contribution in [0, 0.1) is 0 Å². The molecular formula is C13H17BrN2O2. The zero-order valence-corrected chi connectivity index (χ0v) is 11.9. The molecule has 5 heteroatoms. The number of aliphatic carboxylic acids is 1. The number of hydrogen-bond donors (Lipinski definition) is 2. The average Bonchev–Trinajstić information content (AvgIpc) is 2.26. The summed E-state index contributed by atoms with van der Waals surface area (Å²) in [6.07, 6.45) is 0.182. The van der Waals surface area contributed by atoms with E-state index in [0.29, 0.717) is 0 Å². The van der Waals surface area contributed by atoms with Gasteiger partial charge in [0.1, 0.15) is 0 Å². The lowest BCUT2D eigenvalue weighted by Gasteiger charge is -2.48. The Bertz CT molecular complexity index is 446. The van der Waals surface area contributed by atoms with Gasteiger partial charge in [-0.05, 0) is 18.7 Å². The highest BCUT2D eigenvalue weighted by molar-refractivity contribution is 9.10. The fraction of sp³-hybridized carbons (Fsp3) is 0.462. The molecule has 1 fully saturated rings. The first-order valence-electron chi connectivity index (χ1n) is 5.91. The molecule has 0 amide bonds. The number of nitrogens with one attached hydrogen (secondary N) is 1. The highest BCUT2D eigenvalue weighted by atomic mass is 79.9. The molecule has 1 aliphatic rings. The van der Waals surface area contributed by atoms with Crippen molar-refractivity contribution in [3.05, 3.63) is 34.3 Å². The molecule has 1 aromatic carbocycles. The lowest BCUT2D eigenvalue weighted by atomic mass is 9.86. The van der Waals surface area contributed by atoms with E-state index in [-0.39, 0.29) is 12.0 Å². The zero-order chi connectivity index (χ0) is 13.2. The molecule has 98 valence electrons. The topological polar surface area (TPSA) is 52.6 Å². The lowest BCUT2D eigenvalue weighted by molar-refractivity contribution is -0.141. The summed E-state index contributed by atoms with van der Waals surface area (Å²) in [6.45, 7) is 2.22. The minimum Gasteiger partial charge on any atom is -0.481 e. The van der Waals surface area contributed by atoms with Crippen LogP contribution >= 0.6 is 15.9 Å². The maximum absolute atomic E-state index is 11.0. The number of hydrogen-bond acceptors (Lipinski definition) is 3. The number of carboxylic acids is 1. The molecule has 1 heterocycles. The van der Waals surface area contributed by atoms with Gasteiger partial charge in [0.15, 0.2) is 0 Å². The number of halogens is 1. The fourth-order valence-corrected chi connectivity index (χ4v) is 2.68. The molecule has 1 aliphatic heterocycles. The van der Waals surface area contributed by atoms with Gasteiger partial charge in [-0.25, -0.2) is 0 Å². The molecule has 0 aromatic heterocycles. The second-order valence-electron chi connectivity index (χ2n) is 4.85. The van der Waals surface area contributed by atoms with E-state index >= 15 is 0 Å². The van der Waals surface area contributed by atoms with Gasteiger partial charge < -0.3 is 10.4 Å². The van der Waals surface area contributed by atoms with Crippen molar-refractivity contribution in [2.75, 3.05) is 20.1 Å². The molecule has 0 aliphatic carbocycles. The van der Waals surface area contributed by atoms with E-state index in [1.807, 2.05) is 25.2 Å². The Labute approximate surface area is 115 Å². The Hall–Kier alpha value is -0.910. The maximum Gasteiger partial charge on any atom is 0.305 e. The molecule has 2 N–H and O–H groups in total. The van der Waals surface area contributed by atoms with Crippen LogP contribution in [0.25, 0.3) is 0 Å². The van der Waals surface area contributed by atoms with Gasteiger partial charge in [0, 0.05) is 24.1 Å². The number of carboxylic acid groups (broad SMARTS) is 1. The number of carbonyl (C=O) groups is 1. The van der Waals surface area contributed by atoms with Crippen LogP contribution in [-0.2, 0) is 11.3 Å². The predicted molar refractivity (Wildman–Crippen MR) is 73.5 cm³/mol. The summed E-state index contributed by atoms with van der Waals surface area (Å²) in [5, 5.41) is 12.2. The number of likely N-dealkylation sites (N-methyl/N-ethyl adjacent to an activating group) is 1. The quantitative estimate of drug-likeness (QED) is 0.869. The average molecular weight is 313 g/mol. The van der Waals surface area contributed by atoms with Crippen LogP contribution in [0.4, 0.5) is 0 Å². The van der Waals surface area contributed by atoms with E-state index in [1.165, 1.54) is 5.56 Å². The molecule has 2 rings (SSSR count). The van der Waals surface area contributed by atoms with E-state index in [1.54, 1.807) is 0 Å². The third kappa shape index (κ3) is 2.74. The number of rotatable bonds is 5. The first-order chi connectivity index (χ1) is 8.53. The summed E-state index contributed by atoms with van der Waals surface area (Å²) < 4.78 is 1.06. The molecule has 0 saturated carbocycles. The molecule has 0 atom stereocenters. The van der Waals surface area contributed by atoms with Crippen LogP contribution in [0.1, 0.15) is 12.0 Å². The fourth-order valence-electron chi connectivity index (χ4n) is 2.27. The van der Waals surface area contributed by atoms with E-state index in [4.69, 9.17) is 5.11 Å². The van der Waals surface area contributed by atoms with Gasteiger partial charge in [-0.3, -0.25) is 9.69 Å². The smallest absolute Gasteiger partial charge is 0.305 e. The maximum atomic E-state index is 11.0. The van der Waals surface area contributed by atoms with Crippen LogP contribution < -0.4 is 5.32 Å². The molecule has 0 unspecified atom stereocenters. The van der Waals surface area contributed by atoms with Crippen molar-refractivity contribution >= 4 is 21.9 Å². The van der Waals surface area contributed by atoms with E-state index in [0.717, 1.165) is 24.1 Å². The Kier molecular flexibility index (Phi) is 4.04. The first-order valence-corrected chi connectivity index (χ1v) is 6.70. The number of nitrogens with zero attached hydrogens (tertiary/aromatic N) is 1. The Morgan fingerprint density at radius 2 is 2.17 bits per heavy atom. The van der Waals surface area contributed by atoms with Crippen LogP contribution in [0.2, 0.25) is 0 Å². The SMILES string of the molecule is CN(Cc1ccccc1Br)C1(CC(=O)O)CNC1. The largest absolute Gasteiger partial charge is 0.481 e. The van der Waals surface area contributed by atoms with Gasteiger partial charge in [-0.1, -0.05) is 34.1 Å². The van der Waals surface area contributed by atoms with E-state index in [9.17, 15) is 4.79 Å². The van der Waals surface area contributed by atoms with Crippen molar-refractivity contribution in [1.29, 1.82) is 0 Å². The predicted octanol–water partition coefficient (Wildman–Crippen LogP) is 1.70.